The van der Waals surface area contributed by atoms with Crippen molar-refractivity contribution >= 4 is 28.6 Å². The lowest BCUT2D eigenvalue weighted by molar-refractivity contribution is -0.119. The van der Waals surface area contributed by atoms with E-state index in [1.54, 1.807) is 10.6 Å². The van der Waals surface area contributed by atoms with Gasteiger partial charge in [0.1, 0.15) is 0 Å². The van der Waals surface area contributed by atoms with E-state index in [4.69, 9.17) is 0 Å². The molecule has 29 heavy (non-hydrogen) atoms. The number of carbonyl (C=O) groups is 1. The third-order valence-corrected chi connectivity index (χ3v) is 5.61. The van der Waals surface area contributed by atoms with Gasteiger partial charge in [0.05, 0.1) is 22.3 Å². The third-order valence-electron chi connectivity index (χ3n) is 4.68. The van der Waals surface area contributed by atoms with Crippen LogP contribution in [0.25, 0.3) is 16.6 Å². The fourth-order valence-corrected chi connectivity index (χ4v) is 3.94. The topological polar surface area (TPSA) is 64.0 Å². The van der Waals surface area contributed by atoms with Crippen molar-refractivity contribution in [3.63, 3.8) is 0 Å². The Morgan fingerprint density at radius 1 is 1.03 bits per heavy atom. The first-order chi connectivity index (χ1) is 14.0. The first-order valence-corrected chi connectivity index (χ1v) is 10.9. The highest BCUT2D eigenvalue weighted by Crippen LogP contribution is 2.21. The number of benzene rings is 2. The number of para-hydroxylation sites is 2. The lowest BCUT2D eigenvalue weighted by Crippen LogP contribution is -2.34. The molecule has 0 fully saturated rings. The minimum absolute atomic E-state index is 0.0479. The van der Waals surface area contributed by atoms with Gasteiger partial charge in [-0.05, 0) is 49.9 Å². The summed E-state index contributed by atoms with van der Waals surface area (Å²) in [7, 11) is 0. The first-order valence-electron chi connectivity index (χ1n) is 9.95. The van der Waals surface area contributed by atoms with Crippen LogP contribution in [-0.4, -0.2) is 27.3 Å². The molecule has 0 saturated carbocycles. The predicted molar refractivity (Wildman–Crippen MR) is 120 cm³/mol. The average Bonchev–Trinajstić information content (AvgIpc) is 2.71. The molecular weight excluding hydrogens is 382 g/mol. The van der Waals surface area contributed by atoms with Crippen molar-refractivity contribution in [3.8, 4) is 5.69 Å². The summed E-state index contributed by atoms with van der Waals surface area (Å²) in [4.78, 5) is 30.2. The van der Waals surface area contributed by atoms with Gasteiger partial charge in [0.15, 0.2) is 5.16 Å². The minimum Gasteiger partial charge on any atom is -0.353 e. The van der Waals surface area contributed by atoms with Crippen LogP contribution in [0.5, 0.6) is 0 Å². The number of rotatable bonds is 8. The summed E-state index contributed by atoms with van der Waals surface area (Å²) in [6, 6.07) is 16.8. The molecule has 0 aliphatic rings. The Morgan fingerprint density at radius 2 is 1.72 bits per heavy atom. The first kappa shape index (κ1) is 21.1. The number of carbonyl (C=O) groups excluding carboxylic acids is 1. The third kappa shape index (κ3) is 5.48. The SMILES string of the molecule is CC(C)CCC(C)NC(=O)CSc1nc2ccccc2c(=O)n1-c1ccccc1. The number of nitrogens with one attached hydrogen (secondary N) is 1. The molecule has 1 unspecified atom stereocenters. The van der Waals surface area contributed by atoms with E-state index in [1.807, 2.05) is 55.5 Å². The van der Waals surface area contributed by atoms with E-state index in [0.29, 0.717) is 22.0 Å². The Labute approximate surface area is 175 Å². The number of amides is 1. The largest absolute Gasteiger partial charge is 0.353 e. The zero-order chi connectivity index (χ0) is 20.8. The summed E-state index contributed by atoms with van der Waals surface area (Å²) < 4.78 is 1.59. The molecule has 0 bridgehead atoms. The number of aromatic nitrogens is 2. The van der Waals surface area contributed by atoms with Crippen LogP contribution >= 0.6 is 11.8 Å². The van der Waals surface area contributed by atoms with E-state index < -0.39 is 0 Å². The number of nitrogens with zero attached hydrogens (tertiary/aromatic N) is 2. The quantitative estimate of drug-likeness (QED) is 0.442. The molecule has 0 aliphatic carbocycles. The molecule has 1 aromatic heterocycles. The van der Waals surface area contributed by atoms with Crippen LogP contribution in [0.4, 0.5) is 0 Å². The second-order valence-corrected chi connectivity index (χ2v) is 8.56. The second-order valence-electron chi connectivity index (χ2n) is 7.62. The van der Waals surface area contributed by atoms with E-state index in [2.05, 4.69) is 24.1 Å². The molecule has 1 amide bonds. The van der Waals surface area contributed by atoms with Crippen molar-refractivity contribution in [3.05, 3.63) is 65.0 Å². The Hall–Kier alpha value is -2.60. The monoisotopic (exact) mass is 409 g/mol. The fourth-order valence-electron chi connectivity index (χ4n) is 3.12. The number of fused-ring (bicyclic) bond motifs is 1. The average molecular weight is 410 g/mol. The van der Waals surface area contributed by atoms with Gasteiger partial charge in [-0.2, -0.15) is 0 Å². The van der Waals surface area contributed by atoms with Crippen LogP contribution in [0.1, 0.15) is 33.6 Å². The molecule has 0 aliphatic heterocycles. The minimum atomic E-state index is -0.130. The molecule has 1 heterocycles. The van der Waals surface area contributed by atoms with Crippen LogP contribution in [0.3, 0.4) is 0 Å². The van der Waals surface area contributed by atoms with E-state index in [0.717, 1.165) is 18.5 Å². The van der Waals surface area contributed by atoms with Crippen LogP contribution in [0.15, 0.2) is 64.5 Å². The summed E-state index contributed by atoms with van der Waals surface area (Å²) in [5.74, 6) is 0.781. The van der Waals surface area contributed by atoms with Crippen LogP contribution in [-0.2, 0) is 4.79 Å². The maximum Gasteiger partial charge on any atom is 0.266 e. The molecule has 3 aromatic rings. The molecule has 5 nitrogen and oxygen atoms in total. The Morgan fingerprint density at radius 3 is 2.45 bits per heavy atom. The number of thioether (sulfide) groups is 1. The van der Waals surface area contributed by atoms with E-state index in [9.17, 15) is 9.59 Å². The van der Waals surface area contributed by atoms with Crippen molar-refractivity contribution in [1.29, 1.82) is 0 Å². The van der Waals surface area contributed by atoms with E-state index in [-0.39, 0.29) is 23.3 Å². The maximum absolute atomic E-state index is 13.1. The zero-order valence-corrected chi connectivity index (χ0v) is 17.9. The molecule has 0 spiro atoms. The maximum atomic E-state index is 13.1. The highest BCUT2D eigenvalue weighted by molar-refractivity contribution is 7.99. The molecule has 1 atom stereocenters. The highest BCUT2D eigenvalue weighted by Gasteiger charge is 2.15. The van der Waals surface area contributed by atoms with Crippen molar-refractivity contribution in [2.24, 2.45) is 5.92 Å². The highest BCUT2D eigenvalue weighted by atomic mass is 32.2. The molecule has 152 valence electrons. The molecular formula is C23H27N3O2S. The number of hydrogen-bond acceptors (Lipinski definition) is 4. The van der Waals surface area contributed by atoms with Crippen molar-refractivity contribution in [2.45, 2.75) is 44.8 Å². The van der Waals surface area contributed by atoms with Gasteiger partial charge in [-0.1, -0.05) is 55.9 Å². The Kier molecular flexibility index (Phi) is 7.09. The van der Waals surface area contributed by atoms with Gasteiger partial charge in [0, 0.05) is 6.04 Å². The molecule has 0 radical (unpaired) electrons. The lowest BCUT2D eigenvalue weighted by Gasteiger charge is -2.16. The number of hydrogen-bond donors (Lipinski definition) is 1. The van der Waals surface area contributed by atoms with Crippen LogP contribution in [0.2, 0.25) is 0 Å². The Balaban J connectivity index is 1.83. The molecule has 1 N–H and O–H groups in total. The fraction of sp³-hybridized carbons (Fsp3) is 0.348. The van der Waals surface area contributed by atoms with Crippen LogP contribution < -0.4 is 10.9 Å². The van der Waals surface area contributed by atoms with Crippen LogP contribution in [0, 0.1) is 5.92 Å². The molecule has 2 aromatic carbocycles. The van der Waals surface area contributed by atoms with Gasteiger partial charge in [0.25, 0.3) is 5.56 Å². The standard InChI is InChI=1S/C23H27N3O2S/c1-16(2)13-14-17(3)24-21(27)15-29-23-25-20-12-8-7-11-19(20)22(28)26(23)18-9-5-4-6-10-18/h4-12,16-17H,13-15H2,1-3H3,(H,24,27). The van der Waals surface area contributed by atoms with E-state index >= 15 is 0 Å². The van der Waals surface area contributed by atoms with Gasteiger partial charge >= 0.3 is 0 Å². The van der Waals surface area contributed by atoms with Gasteiger partial charge in [-0.25, -0.2) is 4.98 Å². The second kappa shape index (κ2) is 9.74. The smallest absolute Gasteiger partial charge is 0.266 e. The molecule has 0 saturated heterocycles. The summed E-state index contributed by atoms with van der Waals surface area (Å²) in [6.07, 6.45) is 2.03. The van der Waals surface area contributed by atoms with Crippen molar-refractivity contribution in [1.82, 2.24) is 14.9 Å². The predicted octanol–water partition coefficient (Wildman–Crippen LogP) is 4.42. The van der Waals surface area contributed by atoms with Gasteiger partial charge in [-0.15, -0.1) is 0 Å². The van der Waals surface area contributed by atoms with Gasteiger partial charge < -0.3 is 5.32 Å². The normalized spacial score (nSPS) is 12.3. The zero-order valence-electron chi connectivity index (χ0n) is 17.1. The van der Waals surface area contributed by atoms with Crippen molar-refractivity contribution < 1.29 is 4.79 Å². The van der Waals surface area contributed by atoms with Gasteiger partial charge in [0.2, 0.25) is 5.91 Å². The van der Waals surface area contributed by atoms with E-state index in [1.165, 1.54) is 11.8 Å². The molecule has 6 heteroatoms. The summed E-state index contributed by atoms with van der Waals surface area (Å²) in [5.41, 5.74) is 1.25. The summed E-state index contributed by atoms with van der Waals surface area (Å²) in [5, 5.41) is 4.12. The Bertz CT molecular complexity index is 1030. The van der Waals surface area contributed by atoms with Crippen molar-refractivity contribution in [2.75, 3.05) is 5.75 Å². The summed E-state index contributed by atoms with van der Waals surface area (Å²) >= 11 is 1.29. The lowest BCUT2D eigenvalue weighted by atomic mass is 10.0. The molecule has 3 rings (SSSR count). The van der Waals surface area contributed by atoms with Gasteiger partial charge in [-0.3, -0.25) is 14.2 Å². The summed E-state index contributed by atoms with van der Waals surface area (Å²) in [6.45, 7) is 6.39.